The second-order valence-corrected chi connectivity index (χ2v) is 6.43. The van der Waals surface area contributed by atoms with Gasteiger partial charge in [0.2, 0.25) is 0 Å². The number of ether oxygens (including phenoxy) is 1. The van der Waals surface area contributed by atoms with E-state index < -0.39 is 0 Å². The Kier molecular flexibility index (Phi) is 11.9. The molecule has 0 radical (unpaired) electrons. The summed E-state index contributed by atoms with van der Waals surface area (Å²) in [6.07, 6.45) is 0. The van der Waals surface area contributed by atoms with Crippen LogP contribution in [0.2, 0.25) is 5.02 Å². The number of rotatable bonds is 8. The summed E-state index contributed by atoms with van der Waals surface area (Å²) in [7, 11) is 6.16. The summed E-state index contributed by atoms with van der Waals surface area (Å²) in [4.78, 5) is 4.35. The Hall–Kier alpha value is -0.970. The second-order valence-electron chi connectivity index (χ2n) is 6.03. The number of halogens is 3. The van der Waals surface area contributed by atoms with E-state index in [1.165, 1.54) is 5.56 Å². The molecule has 0 aliphatic carbocycles. The molecule has 3 nitrogen and oxygen atoms in total. The molecule has 0 aliphatic heterocycles. The maximum absolute atomic E-state index is 6.31. The monoisotopic (exact) mass is 404 g/mol. The molecule has 0 unspecified atom stereocenters. The van der Waals surface area contributed by atoms with Crippen LogP contribution in [-0.2, 0) is 13.1 Å². The van der Waals surface area contributed by atoms with E-state index in [0.717, 1.165) is 36.0 Å². The normalized spacial score (nSPS) is 10.3. The van der Waals surface area contributed by atoms with Crippen molar-refractivity contribution >= 4 is 36.4 Å². The summed E-state index contributed by atoms with van der Waals surface area (Å²) in [6.45, 7) is 3.20. The minimum atomic E-state index is 0. The highest BCUT2D eigenvalue weighted by molar-refractivity contribution is 6.31. The summed E-state index contributed by atoms with van der Waals surface area (Å²) < 4.78 is 5.97. The van der Waals surface area contributed by atoms with Crippen LogP contribution in [0.15, 0.2) is 48.5 Å². The van der Waals surface area contributed by atoms with E-state index in [9.17, 15) is 0 Å². The number of benzene rings is 2. The summed E-state index contributed by atoms with van der Waals surface area (Å²) in [5.41, 5.74) is 2.36. The quantitative estimate of drug-likeness (QED) is 0.630. The zero-order valence-electron chi connectivity index (χ0n) is 14.9. The predicted molar refractivity (Wildman–Crippen MR) is 112 cm³/mol. The first-order valence-electron chi connectivity index (χ1n) is 7.83. The standard InChI is InChI=1S/C19H25ClN2O.2ClH/c1-21(2)15-17-18(20)10-7-11-19(17)23-13-12-22(3)14-16-8-5-4-6-9-16;;/h4-11H,12-15H2,1-3H3;2*1H. The van der Waals surface area contributed by atoms with Crippen molar-refractivity contribution in [1.29, 1.82) is 0 Å². The predicted octanol–water partition coefficient (Wildman–Crippen LogP) is 4.76. The van der Waals surface area contributed by atoms with Crippen molar-refractivity contribution in [2.45, 2.75) is 13.1 Å². The van der Waals surface area contributed by atoms with Crippen LogP contribution in [0.25, 0.3) is 0 Å². The third-order valence-corrected chi connectivity index (χ3v) is 3.93. The minimum Gasteiger partial charge on any atom is -0.492 e. The molecule has 0 fully saturated rings. The van der Waals surface area contributed by atoms with Crippen LogP contribution in [0.1, 0.15) is 11.1 Å². The molecule has 0 bridgehead atoms. The lowest BCUT2D eigenvalue weighted by atomic mass is 10.2. The molecule has 0 aliphatic rings. The number of likely N-dealkylation sites (N-methyl/N-ethyl adjacent to an activating group) is 1. The van der Waals surface area contributed by atoms with Crippen LogP contribution in [0.4, 0.5) is 0 Å². The van der Waals surface area contributed by atoms with Crippen molar-refractivity contribution in [3.05, 3.63) is 64.7 Å². The second kappa shape index (κ2) is 12.4. The van der Waals surface area contributed by atoms with Crippen molar-refractivity contribution < 1.29 is 4.74 Å². The highest BCUT2D eigenvalue weighted by Gasteiger charge is 2.09. The zero-order valence-corrected chi connectivity index (χ0v) is 17.3. The molecule has 0 spiro atoms. The Labute approximate surface area is 168 Å². The lowest BCUT2D eigenvalue weighted by Gasteiger charge is -2.19. The zero-order chi connectivity index (χ0) is 16.7. The third kappa shape index (κ3) is 8.30. The van der Waals surface area contributed by atoms with Crippen molar-refractivity contribution in [2.24, 2.45) is 0 Å². The molecule has 0 amide bonds. The average molecular weight is 406 g/mol. The fraction of sp³-hybridized carbons (Fsp3) is 0.368. The molecule has 25 heavy (non-hydrogen) atoms. The summed E-state index contributed by atoms with van der Waals surface area (Å²) in [5.74, 6) is 0.874. The molecular weight excluding hydrogens is 379 g/mol. The molecule has 140 valence electrons. The van der Waals surface area contributed by atoms with Crippen LogP contribution in [0.3, 0.4) is 0 Å². The highest BCUT2D eigenvalue weighted by atomic mass is 35.5. The maximum Gasteiger partial charge on any atom is 0.125 e. The Morgan fingerprint density at radius 3 is 2.20 bits per heavy atom. The molecule has 0 N–H and O–H groups in total. The molecule has 0 heterocycles. The highest BCUT2D eigenvalue weighted by Crippen LogP contribution is 2.27. The van der Waals surface area contributed by atoms with Crippen molar-refractivity contribution in [1.82, 2.24) is 9.80 Å². The van der Waals surface area contributed by atoms with Gasteiger partial charge in [0.1, 0.15) is 12.4 Å². The van der Waals surface area contributed by atoms with Gasteiger partial charge in [0.15, 0.2) is 0 Å². The van der Waals surface area contributed by atoms with E-state index in [1.54, 1.807) is 0 Å². The summed E-state index contributed by atoms with van der Waals surface area (Å²) in [5, 5.41) is 0.758. The van der Waals surface area contributed by atoms with Crippen molar-refractivity contribution in [2.75, 3.05) is 34.3 Å². The Balaban J connectivity index is 0.00000288. The topological polar surface area (TPSA) is 15.7 Å². The van der Waals surface area contributed by atoms with E-state index in [0.29, 0.717) is 6.61 Å². The molecule has 2 rings (SSSR count). The lowest BCUT2D eigenvalue weighted by molar-refractivity contribution is 0.229. The fourth-order valence-electron chi connectivity index (χ4n) is 2.43. The van der Waals surface area contributed by atoms with E-state index in [2.05, 4.69) is 41.1 Å². The van der Waals surface area contributed by atoms with E-state index in [4.69, 9.17) is 16.3 Å². The average Bonchev–Trinajstić information content (AvgIpc) is 2.51. The molecule has 0 saturated heterocycles. The number of nitrogens with zero attached hydrogens (tertiary/aromatic N) is 2. The number of hydrogen-bond acceptors (Lipinski definition) is 3. The van der Waals surface area contributed by atoms with Crippen LogP contribution in [0.5, 0.6) is 5.75 Å². The van der Waals surface area contributed by atoms with Crippen LogP contribution >= 0.6 is 36.4 Å². The Bertz CT molecular complexity index is 609. The first-order chi connectivity index (χ1) is 11.1. The molecule has 0 saturated carbocycles. The Morgan fingerprint density at radius 1 is 0.880 bits per heavy atom. The van der Waals surface area contributed by atoms with Gasteiger partial charge < -0.3 is 9.64 Å². The smallest absolute Gasteiger partial charge is 0.125 e. The molecule has 0 atom stereocenters. The van der Waals surface area contributed by atoms with Gasteiger partial charge in [0.05, 0.1) is 0 Å². The molecule has 2 aromatic carbocycles. The first-order valence-corrected chi connectivity index (χ1v) is 8.21. The Morgan fingerprint density at radius 2 is 1.56 bits per heavy atom. The largest absolute Gasteiger partial charge is 0.492 e. The molecular formula is C19H27Cl3N2O. The van der Waals surface area contributed by atoms with E-state index in [-0.39, 0.29) is 24.8 Å². The van der Waals surface area contributed by atoms with Crippen LogP contribution in [0, 0.1) is 0 Å². The van der Waals surface area contributed by atoms with Gasteiger partial charge in [-0.25, -0.2) is 0 Å². The van der Waals surface area contributed by atoms with Gasteiger partial charge in [0.25, 0.3) is 0 Å². The molecule has 6 heteroatoms. The van der Waals surface area contributed by atoms with E-state index >= 15 is 0 Å². The number of hydrogen-bond donors (Lipinski definition) is 0. The van der Waals surface area contributed by atoms with Gasteiger partial charge >= 0.3 is 0 Å². The SMILES string of the molecule is CN(C)Cc1c(Cl)cccc1OCCN(C)Cc1ccccc1.Cl.Cl. The van der Waals surface area contributed by atoms with Gasteiger partial charge in [-0.2, -0.15) is 0 Å². The third-order valence-electron chi connectivity index (χ3n) is 3.58. The van der Waals surface area contributed by atoms with Gasteiger partial charge in [-0.15, -0.1) is 24.8 Å². The van der Waals surface area contributed by atoms with Crippen LogP contribution < -0.4 is 4.74 Å². The first kappa shape index (κ1) is 24.0. The van der Waals surface area contributed by atoms with Gasteiger partial charge in [0, 0.05) is 30.2 Å². The molecule has 2 aromatic rings. The molecule has 0 aromatic heterocycles. The van der Waals surface area contributed by atoms with Gasteiger partial charge in [-0.1, -0.05) is 48.0 Å². The summed E-state index contributed by atoms with van der Waals surface area (Å²) in [6, 6.07) is 16.3. The van der Waals surface area contributed by atoms with Crippen molar-refractivity contribution in [3.63, 3.8) is 0 Å². The lowest BCUT2D eigenvalue weighted by Crippen LogP contribution is -2.24. The van der Waals surface area contributed by atoms with Crippen LogP contribution in [-0.4, -0.2) is 44.1 Å². The minimum absolute atomic E-state index is 0. The fourth-order valence-corrected chi connectivity index (χ4v) is 2.65. The van der Waals surface area contributed by atoms with E-state index in [1.807, 2.05) is 38.4 Å². The maximum atomic E-state index is 6.31. The summed E-state index contributed by atoms with van der Waals surface area (Å²) >= 11 is 6.31. The van der Waals surface area contributed by atoms with Gasteiger partial charge in [-0.05, 0) is 38.8 Å². The van der Waals surface area contributed by atoms with Gasteiger partial charge in [-0.3, -0.25) is 4.90 Å². The van der Waals surface area contributed by atoms with Crippen molar-refractivity contribution in [3.8, 4) is 5.75 Å².